The van der Waals surface area contributed by atoms with Crippen LogP contribution in [0.5, 0.6) is 0 Å². The summed E-state index contributed by atoms with van der Waals surface area (Å²) in [4.78, 5) is 12.6. The number of carbonyl (C=O) groups excluding carboxylic acids is 1. The van der Waals surface area contributed by atoms with Crippen LogP contribution >= 0.6 is 0 Å². The number of ether oxygens (including phenoxy) is 1. The number of aromatic nitrogens is 3. The molecular formula is C18H24N4O2. The fourth-order valence-corrected chi connectivity index (χ4v) is 3.84. The maximum Gasteiger partial charge on any atom is 0.251 e. The van der Waals surface area contributed by atoms with E-state index in [1.54, 1.807) is 24.3 Å². The lowest BCUT2D eigenvalue weighted by atomic mass is 9.58. The number of nitrogens with one attached hydrogen (secondary N) is 1. The Morgan fingerprint density at radius 1 is 1.25 bits per heavy atom. The van der Waals surface area contributed by atoms with Crippen LogP contribution < -0.4 is 5.32 Å². The summed E-state index contributed by atoms with van der Waals surface area (Å²) in [7, 11) is 1.76. The molecule has 1 fully saturated rings. The predicted octanol–water partition coefficient (Wildman–Crippen LogP) is 2.59. The minimum atomic E-state index is -0.0314. The molecule has 6 nitrogen and oxygen atoms in total. The molecule has 3 rings (SSSR count). The number of nitrogens with zero attached hydrogens (tertiary/aromatic N) is 3. The topological polar surface area (TPSA) is 69.0 Å². The molecule has 0 aliphatic heterocycles. The van der Waals surface area contributed by atoms with Crippen LogP contribution in [0, 0.1) is 5.41 Å². The van der Waals surface area contributed by atoms with E-state index in [1.165, 1.54) is 0 Å². The molecule has 6 heteroatoms. The zero-order valence-electron chi connectivity index (χ0n) is 14.4. The van der Waals surface area contributed by atoms with Gasteiger partial charge in [-0.15, -0.1) is 10.2 Å². The summed E-state index contributed by atoms with van der Waals surface area (Å²) < 4.78 is 7.39. The summed E-state index contributed by atoms with van der Waals surface area (Å²) in [6, 6.07) is 7.61. The first kappa shape index (κ1) is 16.6. The minimum absolute atomic E-state index is 0.0314. The summed E-state index contributed by atoms with van der Waals surface area (Å²) in [6.45, 7) is 4.34. The van der Waals surface area contributed by atoms with Gasteiger partial charge in [-0.05, 0) is 43.5 Å². The average molecular weight is 328 g/mol. The predicted molar refractivity (Wildman–Crippen MR) is 91.0 cm³/mol. The monoisotopic (exact) mass is 328 g/mol. The molecule has 1 aromatic heterocycles. The smallest absolute Gasteiger partial charge is 0.251 e. The van der Waals surface area contributed by atoms with Crippen LogP contribution in [0.15, 0.2) is 36.9 Å². The van der Waals surface area contributed by atoms with Gasteiger partial charge in [0.15, 0.2) is 0 Å². The Hall–Kier alpha value is -2.21. The molecule has 0 saturated heterocycles. The number of hydrogen-bond donors (Lipinski definition) is 1. The van der Waals surface area contributed by atoms with Crippen LogP contribution in [-0.4, -0.2) is 39.9 Å². The van der Waals surface area contributed by atoms with Gasteiger partial charge >= 0.3 is 0 Å². The third kappa shape index (κ3) is 2.71. The van der Waals surface area contributed by atoms with Crippen molar-refractivity contribution in [2.45, 2.75) is 45.3 Å². The van der Waals surface area contributed by atoms with Crippen molar-refractivity contribution in [3.8, 4) is 5.69 Å². The van der Waals surface area contributed by atoms with Crippen LogP contribution in [-0.2, 0) is 4.74 Å². The van der Waals surface area contributed by atoms with Gasteiger partial charge < -0.3 is 10.1 Å². The summed E-state index contributed by atoms with van der Waals surface area (Å²) in [5.74, 6) is -0.0314. The third-order valence-electron chi connectivity index (χ3n) is 5.54. The van der Waals surface area contributed by atoms with Crippen LogP contribution in [0.2, 0.25) is 0 Å². The number of carbonyl (C=O) groups is 1. The van der Waals surface area contributed by atoms with Crippen molar-refractivity contribution >= 4 is 5.91 Å². The second-order valence-electron chi connectivity index (χ2n) is 6.34. The molecule has 1 saturated carbocycles. The first-order valence-corrected chi connectivity index (χ1v) is 8.43. The van der Waals surface area contributed by atoms with E-state index in [4.69, 9.17) is 4.74 Å². The van der Waals surface area contributed by atoms with E-state index in [1.807, 2.05) is 24.3 Å². The van der Waals surface area contributed by atoms with E-state index in [2.05, 4.69) is 29.4 Å². The van der Waals surface area contributed by atoms with Crippen molar-refractivity contribution in [3.05, 3.63) is 42.5 Å². The number of methoxy groups -OCH3 is 1. The lowest BCUT2D eigenvalue weighted by molar-refractivity contribution is -0.120. The molecule has 0 unspecified atom stereocenters. The molecule has 2 atom stereocenters. The lowest BCUT2D eigenvalue weighted by Crippen LogP contribution is -2.64. The molecule has 1 aliphatic carbocycles. The van der Waals surface area contributed by atoms with Gasteiger partial charge in [-0.1, -0.05) is 13.8 Å². The minimum Gasteiger partial charge on any atom is -0.381 e. The molecule has 0 spiro atoms. The van der Waals surface area contributed by atoms with Crippen LogP contribution in [0.3, 0.4) is 0 Å². The summed E-state index contributed by atoms with van der Waals surface area (Å²) in [6.07, 6.45) is 6.37. The van der Waals surface area contributed by atoms with Gasteiger partial charge in [-0.25, -0.2) is 0 Å². The lowest BCUT2D eigenvalue weighted by Gasteiger charge is -2.55. The maximum atomic E-state index is 12.6. The molecule has 1 amide bonds. The molecule has 0 bridgehead atoms. The third-order valence-corrected chi connectivity index (χ3v) is 5.54. The van der Waals surface area contributed by atoms with E-state index in [9.17, 15) is 4.79 Å². The summed E-state index contributed by atoms with van der Waals surface area (Å²) >= 11 is 0. The van der Waals surface area contributed by atoms with E-state index in [0.29, 0.717) is 5.56 Å². The normalized spacial score (nSPS) is 22.0. The van der Waals surface area contributed by atoms with Crippen LogP contribution in [0.4, 0.5) is 0 Å². The molecule has 24 heavy (non-hydrogen) atoms. The summed E-state index contributed by atoms with van der Waals surface area (Å²) in [5, 5.41) is 10.8. The zero-order chi connectivity index (χ0) is 17.2. The second-order valence-corrected chi connectivity index (χ2v) is 6.34. The SMILES string of the molecule is CCC1(CC)[C@H](NC(=O)c2ccc(-n3cnnc3)cc2)C[C@H]1OC. The Morgan fingerprint density at radius 2 is 1.88 bits per heavy atom. The number of hydrogen-bond acceptors (Lipinski definition) is 4. The number of rotatable bonds is 6. The van der Waals surface area contributed by atoms with Gasteiger partial charge in [-0.3, -0.25) is 9.36 Å². The van der Waals surface area contributed by atoms with E-state index in [-0.39, 0.29) is 23.5 Å². The zero-order valence-corrected chi connectivity index (χ0v) is 14.4. The average Bonchev–Trinajstić information content (AvgIpc) is 3.14. The quantitative estimate of drug-likeness (QED) is 0.885. The molecule has 2 aromatic rings. The van der Waals surface area contributed by atoms with E-state index >= 15 is 0 Å². The molecule has 1 heterocycles. The highest BCUT2D eigenvalue weighted by atomic mass is 16.5. The number of amides is 1. The van der Waals surface area contributed by atoms with Gasteiger partial charge in [0.2, 0.25) is 0 Å². The molecule has 0 radical (unpaired) electrons. The molecular weight excluding hydrogens is 304 g/mol. The van der Waals surface area contributed by atoms with Gasteiger partial charge in [0.1, 0.15) is 12.7 Å². The fourth-order valence-electron chi connectivity index (χ4n) is 3.84. The standard InChI is InChI=1S/C18H24N4O2/c1-4-18(5-2)15(10-16(18)24-3)21-17(23)13-6-8-14(9-7-13)22-11-19-20-12-22/h6-9,11-12,15-16H,4-5,10H2,1-3H3,(H,21,23)/t15-,16-/m1/s1. The molecule has 1 aromatic carbocycles. The first-order valence-electron chi connectivity index (χ1n) is 8.43. The van der Waals surface area contributed by atoms with Gasteiger partial charge in [0.05, 0.1) is 6.10 Å². The van der Waals surface area contributed by atoms with Crippen LogP contribution in [0.1, 0.15) is 43.5 Å². The highest BCUT2D eigenvalue weighted by Gasteiger charge is 2.53. The summed E-state index contributed by atoms with van der Waals surface area (Å²) in [5.41, 5.74) is 1.64. The maximum absolute atomic E-state index is 12.6. The van der Waals surface area contributed by atoms with Crippen molar-refractivity contribution < 1.29 is 9.53 Å². The second kappa shape index (κ2) is 6.73. The first-order chi connectivity index (χ1) is 11.6. The van der Waals surface area contributed by atoms with Crippen molar-refractivity contribution in [1.29, 1.82) is 0 Å². The van der Waals surface area contributed by atoms with E-state index in [0.717, 1.165) is 24.9 Å². The Morgan fingerprint density at radius 3 is 2.42 bits per heavy atom. The molecule has 128 valence electrons. The Bertz CT molecular complexity index is 678. The highest BCUT2D eigenvalue weighted by molar-refractivity contribution is 5.94. The van der Waals surface area contributed by atoms with Gasteiger partial charge in [0.25, 0.3) is 5.91 Å². The largest absolute Gasteiger partial charge is 0.381 e. The highest BCUT2D eigenvalue weighted by Crippen LogP contribution is 2.48. The van der Waals surface area contributed by atoms with E-state index < -0.39 is 0 Å². The Labute approximate surface area is 142 Å². The van der Waals surface area contributed by atoms with Crippen molar-refractivity contribution in [2.24, 2.45) is 5.41 Å². The van der Waals surface area contributed by atoms with Gasteiger partial charge in [0, 0.05) is 29.8 Å². The number of benzene rings is 1. The molecule has 1 aliphatic rings. The van der Waals surface area contributed by atoms with Crippen molar-refractivity contribution in [3.63, 3.8) is 0 Å². The van der Waals surface area contributed by atoms with Crippen LogP contribution in [0.25, 0.3) is 5.69 Å². The van der Waals surface area contributed by atoms with Crippen molar-refractivity contribution in [1.82, 2.24) is 20.1 Å². The Balaban J connectivity index is 1.69. The fraction of sp³-hybridized carbons (Fsp3) is 0.500. The Kier molecular flexibility index (Phi) is 4.66. The van der Waals surface area contributed by atoms with Crippen molar-refractivity contribution in [2.75, 3.05) is 7.11 Å². The van der Waals surface area contributed by atoms with Gasteiger partial charge in [-0.2, -0.15) is 0 Å². The molecule has 1 N–H and O–H groups in total.